The van der Waals surface area contributed by atoms with Gasteiger partial charge in [0.05, 0.1) is 12.5 Å². The molecule has 6 heteroatoms. The van der Waals surface area contributed by atoms with Gasteiger partial charge in [0.2, 0.25) is 17.7 Å². The van der Waals surface area contributed by atoms with Crippen LogP contribution in [0.15, 0.2) is 30.3 Å². The highest BCUT2D eigenvalue weighted by molar-refractivity contribution is 5.86. The van der Waals surface area contributed by atoms with Gasteiger partial charge in [-0.25, -0.2) is 0 Å². The summed E-state index contributed by atoms with van der Waals surface area (Å²) in [6.45, 7) is 4.30. The van der Waals surface area contributed by atoms with Crippen LogP contribution in [-0.4, -0.2) is 37.4 Å². The first-order valence-electron chi connectivity index (χ1n) is 7.91. The fourth-order valence-corrected chi connectivity index (χ4v) is 2.09. The molecule has 6 nitrogen and oxygen atoms in total. The van der Waals surface area contributed by atoms with E-state index < -0.39 is 5.92 Å². The van der Waals surface area contributed by atoms with E-state index in [0.29, 0.717) is 19.4 Å². The number of likely N-dealkylation sites (N-methyl/N-ethyl adjacent to an activating group) is 1. The van der Waals surface area contributed by atoms with Crippen LogP contribution >= 0.6 is 0 Å². The lowest BCUT2D eigenvalue weighted by Gasteiger charge is -2.17. The fourth-order valence-electron chi connectivity index (χ4n) is 2.09. The Morgan fingerprint density at radius 2 is 1.65 bits per heavy atom. The number of amides is 3. The van der Waals surface area contributed by atoms with Crippen LogP contribution in [0.5, 0.6) is 0 Å². The minimum absolute atomic E-state index is 0.0559. The van der Waals surface area contributed by atoms with Gasteiger partial charge in [-0.05, 0) is 18.9 Å². The zero-order valence-electron chi connectivity index (χ0n) is 13.7. The van der Waals surface area contributed by atoms with Crippen LogP contribution < -0.4 is 16.0 Å². The first kappa shape index (κ1) is 18.7. The average molecular weight is 319 g/mol. The lowest BCUT2D eigenvalue weighted by Crippen LogP contribution is -2.43. The van der Waals surface area contributed by atoms with Gasteiger partial charge >= 0.3 is 0 Å². The molecule has 0 bridgehead atoms. The Kier molecular flexibility index (Phi) is 8.42. The first-order chi connectivity index (χ1) is 11.1. The van der Waals surface area contributed by atoms with Crippen molar-refractivity contribution in [2.45, 2.75) is 26.7 Å². The summed E-state index contributed by atoms with van der Waals surface area (Å²) in [7, 11) is 0. The summed E-state index contributed by atoms with van der Waals surface area (Å²) < 4.78 is 0. The zero-order valence-corrected chi connectivity index (χ0v) is 13.7. The summed E-state index contributed by atoms with van der Waals surface area (Å²) in [6.07, 6.45) is 0.880. The molecule has 0 fully saturated rings. The third-order valence-electron chi connectivity index (χ3n) is 3.36. The second kappa shape index (κ2) is 10.4. The van der Waals surface area contributed by atoms with E-state index in [0.717, 1.165) is 5.56 Å². The standard InChI is InChI=1S/C17H25N3O3/c1-3-15(21)19-11-14(10-13-8-6-5-7-9-13)17(23)20-12-16(22)18-4-2/h5-9,14H,3-4,10-12H2,1-2H3,(H,18,22)(H,19,21)(H,20,23)/t14-/m1/s1. The van der Waals surface area contributed by atoms with E-state index in [2.05, 4.69) is 16.0 Å². The van der Waals surface area contributed by atoms with Crippen LogP contribution in [-0.2, 0) is 20.8 Å². The number of carbonyl (C=O) groups is 3. The Morgan fingerprint density at radius 3 is 2.26 bits per heavy atom. The van der Waals surface area contributed by atoms with Crippen molar-refractivity contribution in [3.05, 3.63) is 35.9 Å². The molecule has 0 aliphatic heterocycles. The molecule has 23 heavy (non-hydrogen) atoms. The topological polar surface area (TPSA) is 87.3 Å². The summed E-state index contributed by atoms with van der Waals surface area (Å²) in [5, 5.41) is 8.00. The molecule has 0 aliphatic rings. The molecule has 3 N–H and O–H groups in total. The van der Waals surface area contributed by atoms with Crippen molar-refractivity contribution in [1.82, 2.24) is 16.0 Å². The molecule has 1 atom stereocenters. The van der Waals surface area contributed by atoms with E-state index in [1.54, 1.807) is 6.92 Å². The van der Waals surface area contributed by atoms with Crippen molar-refractivity contribution >= 4 is 17.7 Å². The predicted molar refractivity (Wildman–Crippen MR) is 88.6 cm³/mol. The van der Waals surface area contributed by atoms with Gasteiger partial charge in [-0.15, -0.1) is 0 Å². The molecule has 3 amide bonds. The van der Waals surface area contributed by atoms with E-state index in [9.17, 15) is 14.4 Å². The summed E-state index contributed by atoms with van der Waals surface area (Å²) in [6, 6.07) is 9.59. The van der Waals surface area contributed by atoms with Crippen LogP contribution in [0.2, 0.25) is 0 Å². The van der Waals surface area contributed by atoms with Gasteiger partial charge in [-0.3, -0.25) is 14.4 Å². The summed E-state index contributed by atoms with van der Waals surface area (Å²) in [5.41, 5.74) is 1.01. The van der Waals surface area contributed by atoms with Gasteiger partial charge in [0.25, 0.3) is 0 Å². The van der Waals surface area contributed by atoms with Gasteiger partial charge in [-0.2, -0.15) is 0 Å². The van der Waals surface area contributed by atoms with Gasteiger partial charge in [0.1, 0.15) is 0 Å². The van der Waals surface area contributed by atoms with E-state index in [1.165, 1.54) is 0 Å². The first-order valence-corrected chi connectivity index (χ1v) is 7.91. The van der Waals surface area contributed by atoms with Crippen LogP contribution in [0.25, 0.3) is 0 Å². The number of hydrogen-bond donors (Lipinski definition) is 3. The Morgan fingerprint density at radius 1 is 0.957 bits per heavy atom. The number of benzene rings is 1. The molecule has 0 unspecified atom stereocenters. The second-order valence-corrected chi connectivity index (χ2v) is 5.22. The lowest BCUT2D eigenvalue weighted by molar-refractivity contribution is -0.129. The van der Waals surface area contributed by atoms with Crippen LogP contribution in [0.4, 0.5) is 0 Å². The number of nitrogens with one attached hydrogen (secondary N) is 3. The maximum absolute atomic E-state index is 12.3. The number of hydrogen-bond acceptors (Lipinski definition) is 3. The number of carbonyl (C=O) groups excluding carboxylic acids is 3. The maximum Gasteiger partial charge on any atom is 0.239 e. The van der Waals surface area contributed by atoms with Crippen molar-refractivity contribution in [3.63, 3.8) is 0 Å². The normalized spacial score (nSPS) is 11.4. The molecule has 1 aromatic rings. The molecule has 0 aromatic heterocycles. The van der Waals surface area contributed by atoms with Gasteiger partial charge in [-0.1, -0.05) is 37.3 Å². The van der Waals surface area contributed by atoms with Crippen LogP contribution in [0.3, 0.4) is 0 Å². The minimum atomic E-state index is -0.415. The molecule has 0 saturated heterocycles. The fraction of sp³-hybridized carbons (Fsp3) is 0.471. The minimum Gasteiger partial charge on any atom is -0.355 e. The summed E-state index contributed by atoms with van der Waals surface area (Å²) in [5.74, 6) is -0.977. The van der Waals surface area contributed by atoms with Gasteiger partial charge < -0.3 is 16.0 Å². The molecular weight excluding hydrogens is 294 g/mol. The highest BCUT2D eigenvalue weighted by Crippen LogP contribution is 2.08. The van der Waals surface area contributed by atoms with Crippen molar-refractivity contribution in [1.29, 1.82) is 0 Å². The van der Waals surface area contributed by atoms with Crippen molar-refractivity contribution in [2.24, 2.45) is 5.92 Å². The number of rotatable bonds is 9. The molecule has 0 saturated carbocycles. The highest BCUT2D eigenvalue weighted by Gasteiger charge is 2.20. The molecule has 1 aromatic carbocycles. The molecule has 1 rings (SSSR count). The monoisotopic (exact) mass is 319 g/mol. The molecule has 0 radical (unpaired) electrons. The molecule has 0 heterocycles. The second-order valence-electron chi connectivity index (χ2n) is 5.22. The van der Waals surface area contributed by atoms with Gasteiger partial charge in [0, 0.05) is 19.5 Å². The quantitative estimate of drug-likeness (QED) is 0.624. The Hall–Kier alpha value is -2.37. The molecule has 0 spiro atoms. The van der Waals surface area contributed by atoms with Crippen LogP contribution in [0, 0.1) is 5.92 Å². The SMILES string of the molecule is CCNC(=O)CNC(=O)[C@@H](CNC(=O)CC)Cc1ccccc1. The average Bonchev–Trinajstić information content (AvgIpc) is 2.57. The molecule has 126 valence electrons. The third-order valence-corrected chi connectivity index (χ3v) is 3.36. The van der Waals surface area contributed by atoms with Crippen LogP contribution in [0.1, 0.15) is 25.8 Å². The van der Waals surface area contributed by atoms with E-state index in [-0.39, 0.29) is 30.8 Å². The lowest BCUT2D eigenvalue weighted by atomic mass is 9.98. The summed E-state index contributed by atoms with van der Waals surface area (Å²) in [4.78, 5) is 35.2. The molecular formula is C17H25N3O3. The predicted octanol–water partition coefficient (Wildman–Crippen LogP) is 0.624. The van der Waals surface area contributed by atoms with Gasteiger partial charge in [0.15, 0.2) is 0 Å². The Labute approximate surface area is 137 Å². The maximum atomic E-state index is 12.3. The smallest absolute Gasteiger partial charge is 0.239 e. The third kappa shape index (κ3) is 7.44. The highest BCUT2D eigenvalue weighted by atomic mass is 16.2. The Bertz CT molecular complexity index is 517. The Balaban J connectivity index is 2.63. The van der Waals surface area contributed by atoms with Crippen molar-refractivity contribution in [2.75, 3.05) is 19.6 Å². The molecule has 0 aliphatic carbocycles. The summed E-state index contributed by atoms with van der Waals surface area (Å²) >= 11 is 0. The van der Waals surface area contributed by atoms with E-state index in [1.807, 2.05) is 37.3 Å². The zero-order chi connectivity index (χ0) is 17.1. The largest absolute Gasteiger partial charge is 0.355 e. The van der Waals surface area contributed by atoms with E-state index in [4.69, 9.17) is 0 Å². The van der Waals surface area contributed by atoms with Crippen molar-refractivity contribution in [3.8, 4) is 0 Å². The van der Waals surface area contributed by atoms with Crippen molar-refractivity contribution < 1.29 is 14.4 Å². The van der Waals surface area contributed by atoms with E-state index >= 15 is 0 Å².